The predicted octanol–water partition coefficient (Wildman–Crippen LogP) is 3.68. The topological polar surface area (TPSA) is 38.9 Å². The van der Waals surface area contributed by atoms with Crippen LogP contribution in [0, 0.1) is 5.82 Å². The van der Waals surface area contributed by atoms with Gasteiger partial charge in [-0.05, 0) is 12.1 Å². The van der Waals surface area contributed by atoms with Crippen molar-refractivity contribution < 1.29 is 4.39 Å². The number of pyridine rings is 1. The molecule has 0 aliphatic rings. The summed E-state index contributed by atoms with van der Waals surface area (Å²) in [5, 5.41) is 2.73. The van der Waals surface area contributed by atoms with E-state index in [0.29, 0.717) is 11.3 Å². The minimum atomic E-state index is -0.248. The first kappa shape index (κ1) is 10.2. The summed E-state index contributed by atoms with van der Waals surface area (Å²) >= 11 is 1.49. The van der Waals surface area contributed by atoms with Crippen molar-refractivity contribution >= 4 is 27.2 Å². The van der Waals surface area contributed by atoms with Gasteiger partial charge in [-0.25, -0.2) is 9.37 Å². The van der Waals surface area contributed by atoms with Crippen LogP contribution in [0.2, 0.25) is 0 Å². The second-order valence-corrected chi connectivity index (χ2v) is 4.61. The fraction of sp³-hybridized carbons (Fsp3) is 0. The molecule has 2 heterocycles. The monoisotopic (exact) mass is 244 g/mol. The number of anilines is 1. The van der Waals surface area contributed by atoms with Gasteiger partial charge in [-0.2, -0.15) is 0 Å². The third-order valence-corrected chi connectivity index (χ3v) is 3.56. The van der Waals surface area contributed by atoms with Gasteiger partial charge in [-0.15, -0.1) is 11.3 Å². The van der Waals surface area contributed by atoms with Gasteiger partial charge in [0.15, 0.2) is 0 Å². The number of rotatable bonds is 1. The van der Waals surface area contributed by atoms with Crippen molar-refractivity contribution in [1.29, 1.82) is 0 Å². The number of hydrogen-bond acceptors (Lipinski definition) is 3. The van der Waals surface area contributed by atoms with Crippen molar-refractivity contribution in [2.24, 2.45) is 0 Å². The molecular formula is C13H9FN2S. The van der Waals surface area contributed by atoms with Crippen LogP contribution < -0.4 is 5.73 Å². The average Bonchev–Trinajstić information content (AvgIpc) is 2.71. The number of nitrogens with zero attached hydrogens (tertiary/aromatic N) is 1. The van der Waals surface area contributed by atoms with Crippen LogP contribution in [0.15, 0.2) is 41.9 Å². The minimum Gasteiger partial charge on any atom is -0.398 e. The van der Waals surface area contributed by atoms with Crippen molar-refractivity contribution in [2.75, 3.05) is 5.73 Å². The molecule has 17 heavy (non-hydrogen) atoms. The van der Waals surface area contributed by atoms with Crippen LogP contribution in [0.25, 0.3) is 21.3 Å². The molecule has 0 atom stereocenters. The maximum absolute atomic E-state index is 13.6. The number of hydrogen-bond donors (Lipinski definition) is 1. The number of aromatic nitrogens is 1. The zero-order valence-electron chi connectivity index (χ0n) is 8.85. The molecule has 0 fully saturated rings. The zero-order chi connectivity index (χ0) is 11.8. The quantitative estimate of drug-likeness (QED) is 0.709. The molecule has 0 amide bonds. The molecule has 0 aliphatic carbocycles. The number of thiophene rings is 1. The summed E-state index contributed by atoms with van der Waals surface area (Å²) in [5.41, 5.74) is 7.83. The van der Waals surface area contributed by atoms with E-state index in [1.807, 2.05) is 11.4 Å². The first-order valence-corrected chi connectivity index (χ1v) is 6.01. The Bertz CT molecular complexity index is 691. The molecule has 3 aromatic rings. The molecule has 1 aromatic carbocycles. The van der Waals surface area contributed by atoms with E-state index in [-0.39, 0.29) is 5.82 Å². The lowest BCUT2D eigenvalue weighted by Crippen LogP contribution is -1.86. The van der Waals surface area contributed by atoms with Crippen LogP contribution in [0.3, 0.4) is 0 Å². The first-order chi connectivity index (χ1) is 8.25. The van der Waals surface area contributed by atoms with Crippen molar-refractivity contribution in [3.8, 4) is 11.1 Å². The van der Waals surface area contributed by atoms with E-state index in [1.165, 1.54) is 17.4 Å². The summed E-state index contributed by atoms with van der Waals surface area (Å²) in [4.78, 5) is 5.17. The molecule has 0 unspecified atom stereocenters. The number of benzene rings is 1. The molecule has 84 valence electrons. The maximum Gasteiger partial charge on any atom is 0.131 e. The lowest BCUT2D eigenvalue weighted by Gasteiger charge is -2.03. The largest absolute Gasteiger partial charge is 0.398 e. The standard InChI is InChI=1S/C13H9FN2S/c14-11-4-2-1-3-9(11)8-5-10-12(15)7-17-13(10)16-6-8/h1-7H,15H2. The van der Waals surface area contributed by atoms with Gasteiger partial charge >= 0.3 is 0 Å². The zero-order valence-corrected chi connectivity index (χ0v) is 9.67. The second-order valence-electron chi connectivity index (χ2n) is 3.75. The van der Waals surface area contributed by atoms with Crippen LogP contribution in [0.5, 0.6) is 0 Å². The lowest BCUT2D eigenvalue weighted by molar-refractivity contribution is 0.631. The Hall–Kier alpha value is -1.94. The molecule has 4 heteroatoms. The summed E-state index contributed by atoms with van der Waals surface area (Å²) in [6, 6.07) is 8.53. The Morgan fingerprint density at radius 1 is 1.24 bits per heavy atom. The van der Waals surface area contributed by atoms with E-state index in [4.69, 9.17) is 5.73 Å². The molecule has 0 radical (unpaired) electrons. The van der Waals surface area contributed by atoms with Gasteiger partial charge in [0, 0.05) is 28.1 Å². The summed E-state index contributed by atoms with van der Waals surface area (Å²) in [7, 11) is 0. The normalized spacial score (nSPS) is 10.9. The molecular weight excluding hydrogens is 235 g/mol. The van der Waals surface area contributed by atoms with E-state index < -0.39 is 0 Å². The Morgan fingerprint density at radius 3 is 2.88 bits per heavy atom. The highest BCUT2D eigenvalue weighted by molar-refractivity contribution is 7.17. The van der Waals surface area contributed by atoms with E-state index >= 15 is 0 Å². The fourth-order valence-electron chi connectivity index (χ4n) is 1.78. The molecule has 2 nitrogen and oxygen atoms in total. The van der Waals surface area contributed by atoms with Gasteiger partial charge in [0.05, 0.1) is 5.69 Å². The van der Waals surface area contributed by atoms with Crippen LogP contribution in [-0.4, -0.2) is 4.98 Å². The molecule has 0 saturated carbocycles. The Balaban J connectivity index is 2.24. The molecule has 0 spiro atoms. The van der Waals surface area contributed by atoms with E-state index in [0.717, 1.165) is 15.8 Å². The third kappa shape index (κ3) is 1.66. The maximum atomic E-state index is 13.6. The van der Waals surface area contributed by atoms with Gasteiger partial charge in [-0.3, -0.25) is 0 Å². The van der Waals surface area contributed by atoms with Gasteiger partial charge in [0.1, 0.15) is 10.6 Å². The van der Waals surface area contributed by atoms with Crippen LogP contribution in [0.1, 0.15) is 0 Å². The summed E-state index contributed by atoms with van der Waals surface area (Å²) in [5.74, 6) is -0.248. The summed E-state index contributed by atoms with van der Waals surface area (Å²) < 4.78 is 13.6. The average molecular weight is 244 g/mol. The first-order valence-electron chi connectivity index (χ1n) is 5.13. The van der Waals surface area contributed by atoms with E-state index in [1.54, 1.807) is 24.4 Å². The van der Waals surface area contributed by atoms with Crippen molar-refractivity contribution in [1.82, 2.24) is 4.98 Å². The van der Waals surface area contributed by atoms with Crippen molar-refractivity contribution in [2.45, 2.75) is 0 Å². The predicted molar refractivity (Wildman–Crippen MR) is 69.4 cm³/mol. The van der Waals surface area contributed by atoms with Crippen molar-refractivity contribution in [3.63, 3.8) is 0 Å². The summed E-state index contributed by atoms with van der Waals surface area (Å²) in [6.07, 6.45) is 1.68. The lowest BCUT2D eigenvalue weighted by atomic mass is 10.1. The second kappa shape index (κ2) is 3.82. The number of halogens is 1. The molecule has 0 saturated heterocycles. The highest BCUT2D eigenvalue weighted by atomic mass is 32.1. The summed E-state index contributed by atoms with van der Waals surface area (Å²) in [6.45, 7) is 0. The molecule has 2 N–H and O–H groups in total. The number of nitrogens with two attached hydrogens (primary N) is 1. The molecule has 0 bridgehead atoms. The van der Waals surface area contributed by atoms with Gasteiger partial charge in [0.2, 0.25) is 0 Å². The Labute approximate surface area is 102 Å². The van der Waals surface area contributed by atoms with Gasteiger partial charge in [0.25, 0.3) is 0 Å². The van der Waals surface area contributed by atoms with Crippen LogP contribution in [-0.2, 0) is 0 Å². The minimum absolute atomic E-state index is 0.248. The Morgan fingerprint density at radius 2 is 2.06 bits per heavy atom. The van der Waals surface area contributed by atoms with Gasteiger partial charge in [-0.1, -0.05) is 18.2 Å². The molecule has 0 aliphatic heterocycles. The third-order valence-electron chi connectivity index (χ3n) is 2.64. The highest BCUT2D eigenvalue weighted by Gasteiger charge is 2.08. The highest BCUT2D eigenvalue weighted by Crippen LogP contribution is 2.31. The molecule has 2 aromatic heterocycles. The molecule has 3 rings (SSSR count). The number of fused-ring (bicyclic) bond motifs is 1. The number of nitrogen functional groups attached to an aromatic ring is 1. The van der Waals surface area contributed by atoms with Crippen molar-refractivity contribution in [3.05, 3.63) is 47.7 Å². The van der Waals surface area contributed by atoms with E-state index in [2.05, 4.69) is 4.98 Å². The Kier molecular flexibility index (Phi) is 2.30. The van der Waals surface area contributed by atoms with E-state index in [9.17, 15) is 4.39 Å². The smallest absolute Gasteiger partial charge is 0.131 e. The van der Waals surface area contributed by atoms with Crippen LogP contribution >= 0.6 is 11.3 Å². The fourth-order valence-corrected chi connectivity index (χ4v) is 2.56. The van der Waals surface area contributed by atoms with Crippen LogP contribution in [0.4, 0.5) is 10.1 Å². The SMILES string of the molecule is Nc1csc2ncc(-c3ccccc3F)cc12. The van der Waals surface area contributed by atoms with Gasteiger partial charge < -0.3 is 5.73 Å².